The molecule has 0 aromatic carbocycles. The Balaban J connectivity index is 5.01. The molecule has 0 fully saturated rings. The van der Waals surface area contributed by atoms with Gasteiger partial charge in [-0.05, 0) is 6.92 Å². The molecule has 0 heterocycles. The standard InChI is InChI=1S/C7H17NO6S2/c1-4-8(2,3)5-7(16(12,13)14)6-15(9,10)11/h7H,4-6H2,1-3H3,(H-,9,10,11,12,13,14)/p+1. The quantitative estimate of drug-likeness (QED) is 0.487. The van der Waals surface area contributed by atoms with Gasteiger partial charge in [-0.1, -0.05) is 0 Å². The van der Waals surface area contributed by atoms with E-state index >= 15 is 0 Å². The molecule has 7 nitrogen and oxygen atoms in total. The Morgan fingerprint density at radius 3 is 1.81 bits per heavy atom. The minimum absolute atomic E-state index is 0.0882. The van der Waals surface area contributed by atoms with Gasteiger partial charge in [0.25, 0.3) is 20.2 Å². The summed E-state index contributed by atoms with van der Waals surface area (Å²) in [6.45, 7) is 2.28. The Morgan fingerprint density at radius 2 is 1.56 bits per heavy atom. The number of quaternary nitrogens is 1. The summed E-state index contributed by atoms with van der Waals surface area (Å²) in [5, 5.41) is -1.52. The molecule has 9 heteroatoms. The summed E-state index contributed by atoms with van der Waals surface area (Å²) in [7, 11) is -5.54. The molecule has 0 saturated heterocycles. The Kier molecular flexibility index (Phi) is 4.89. The highest BCUT2D eigenvalue weighted by molar-refractivity contribution is 7.90. The van der Waals surface area contributed by atoms with Crippen LogP contribution in [0.1, 0.15) is 6.92 Å². The van der Waals surface area contributed by atoms with Gasteiger partial charge in [-0.3, -0.25) is 9.11 Å². The van der Waals surface area contributed by atoms with Crippen LogP contribution in [0, 0.1) is 0 Å². The number of hydrogen-bond donors (Lipinski definition) is 2. The molecule has 1 atom stereocenters. The van der Waals surface area contributed by atoms with E-state index in [1.165, 1.54) is 0 Å². The topological polar surface area (TPSA) is 109 Å². The van der Waals surface area contributed by atoms with Crippen molar-refractivity contribution in [3.8, 4) is 0 Å². The summed E-state index contributed by atoms with van der Waals surface area (Å²) < 4.78 is 60.9. The molecule has 0 aliphatic rings. The molecule has 0 aliphatic carbocycles. The largest absolute Gasteiger partial charge is 0.328 e. The normalized spacial score (nSPS) is 16.1. The zero-order valence-electron chi connectivity index (χ0n) is 9.49. The highest BCUT2D eigenvalue weighted by atomic mass is 32.2. The van der Waals surface area contributed by atoms with Crippen molar-refractivity contribution in [2.24, 2.45) is 0 Å². The molecule has 0 aliphatic heterocycles. The second kappa shape index (κ2) is 4.96. The van der Waals surface area contributed by atoms with Gasteiger partial charge in [0.15, 0.2) is 5.25 Å². The summed E-state index contributed by atoms with van der Waals surface area (Å²) in [4.78, 5) is 0. The fraction of sp³-hybridized carbons (Fsp3) is 1.00. The first-order valence-electron chi connectivity index (χ1n) is 4.61. The molecule has 98 valence electrons. The Labute approximate surface area is 96.2 Å². The molecule has 16 heavy (non-hydrogen) atoms. The van der Waals surface area contributed by atoms with Gasteiger partial charge in [0.2, 0.25) is 0 Å². The smallest absolute Gasteiger partial charge is 0.274 e. The summed E-state index contributed by atoms with van der Waals surface area (Å²) in [5.74, 6) is -0.993. The lowest BCUT2D eigenvalue weighted by atomic mass is 10.3. The van der Waals surface area contributed by atoms with Crippen LogP contribution in [0.3, 0.4) is 0 Å². The molecular formula is C7H18NO6S2+. The van der Waals surface area contributed by atoms with E-state index in [1.807, 2.05) is 0 Å². The fourth-order valence-corrected chi connectivity index (χ4v) is 3.52. The predicted octanol–water partition coefficient (Wildman–Crippen LogP) is -0.773. The van der Waals surface area contributed by atoms with Crippen molar-refractivity contribution in [1.29, 1.82) is 0 Å². The molecule has 0 saturated carbocycles. The van der Waals surface area contributed by atoms with Crippen LogP contribution in [0.4, 0.5) is 0 Å². The number of rotatable bonds is 6. The predicted molar refractivity (Wildman–Crippen MR) is 59.3 cm³/mol. The maximum atomic E-state index is 11.0. The van der Waals surface area contributed by atoms with Crippen LogP contribution in [0.2, 0.25) is 0 Å². The van der Waals surface area contributed by atoms with Crippen LogP contribution in [0.5, 0.6) is 0 Å². The molecule has 0 spiro atoms. The molecule has 0 bridgehead atoms. The van der Waals surface area contributed by atoms with Gasteiger partial charge in [0.1, 0.15) is 5.75 Å². The summed E-state index contributed by atoms with van der Waals surface area (Å²) in [5.41, 5.74) is 0. The van der Waals surface area contributed by atoms with E-state index in [9.17, 15) is 16.8 Å². The van der Waals surface area contributed by atoms with E-state index in [1.54, 1.807) is 21.0 Å². The number of nitrogens with zero attached hydrogens (tertiary/aromatic N) is 1. The average Bonchev–Trinajstić information content (AvgIpc) is 1.98. The Hall–Kier alpha value is -0.220. The molecule has 0 aromatic rings. The van der Waals surface area contributed by atoms with Crippen LogP contribution >= 0.6 is 0 Å². The SMILES string of the molecule is CC[N+](C)(C)CC(CS(=O)(=O)O)S(=O)(=O)O. The number of hydrogen-bond acceptors (Lipinski definition) is 4. The molecule has 0 amide bonds. The minimum Gasteiger partial charge on any atom is -0.328 e. The van der Waals surface area contributed by atoms with E-state index in [2.05, 4.69) is 0 Å². The summed E-state index contributed by atoms with van der Waals surface area (Å²) in [6.07, 6.45) is 0. The van der Waals surface area contributed by atoms with Crippen molar-refractivity contribution in [1.82, 2.24) is 0 Å². The van der Waals surface area contributed by atoms with Crippen molar-refractivity contribution in [3.63, 3.8) is 0 Å². The monoisotopic (exact) mass is 276 g/mol. The third-order valence-electron chi connectivity index (χ3n) is 2.37. The summed E-state index contributed by atoms with van der Waals surface area (Å²) in [6, 6.07) is 0. The molecule has 2 N–H and O–H groups in total. The van der Waals surface area contributed by atoms with Crippen LogP contribution in [0.25, 0.3) is 0 Å². The van der Waals surface area contributed by atoms with Gasteiger partial charge < -0.3 is 4.48 Å². The van der Waals surface area contributed by atoms with Crippen molar-refractivity contribution >= 4 is 20.2 Å². The first-order valence-corrected chi connectivity index (χ1v) is 7.72. The zero-order chi connectivity index (χ0) is 13.2. The van der Waals surface area contributed by atoms with Crippen molar-refractivity contribution in [3.05, 3.63) is 0 Å². The summed E-state index contributed by atoms with van der Waals surface area (Å²) >= 11 is 0. The molecule has 1 unspecified atom stereocenters. The fourth-order valence-electron chi connectivity index (χ4n) is 1.15. The highest BCUT2D eigenvalue weighted by Gasteiger charge is 2.34. The highest BCUT2D eigenvalue weighted by Crippen LogP contribution is 2.09. The van der Waals surface area contributed by atoms with E-state index in [0.29, 0.717) is 6.54 Å². The molecule has 0 rings (SSSR count). The molecule has 0 radical (unpaired) electrons. The maximum Gasteiger partial charge on any atom is 0.274 e. The second-order valence-electron chi connectivity index (χ2n) is 4.32. The average molecular weight is 276 g/mol. The van der Waals surface area contributed by atoms with Crippen molar-refractivity contribution < 1.29 is 30.4 Å². The zero-order valence-corrected chi connectivity index (χ0v) is 11.1. The Bertz CT molecular complexity index is 424. The van der Waals surface area contributed by atoms with Crippen molar-refractivity contribution in [2.75, 3.05) is 32.9 Å². The third-order valence-corrected chi connectivity index (χ3v) is 4.56. The third kappa shape index (κ3) is 6.38. The van der Waals surface area contributed by atoms with Crippen LogP contribution < -0.4 is 0 Å². The van der Waals surface area contributed by atoms with Crippen LogP contribution in [0.15, 0.2) is 0 Å². The molecule has 0 aromatic heterocycles. The molecular weight excluding hydrogens is 258 g/mol. The Morgan fingerprint density at radius 1 is 1.12 bits per heavy atom. The first kappa shape index (κ1) is 15.8. The van der Waals surface area contributed by atoms with E-state index in [0.717, 1.165) is 0 Å². The first-order chi connectivity index (χ1) is 6.87. The van der Waals surface area contributed by atoms with E-state index < -0.39 is 31.2 Å². The van der Waals surface area contributed by atoms with E-state index in [-0.39, 0.29) is 11.0 Å². The lowest BCUT2D eigenvalue weighted by Gasteiger charge is -2.30. The van der Waals surface area contributed by atoms with Gasteiger partial charge in [-0.25, -0.2) is 0 Å². The van der Waals surface area contributed by atoms with Gasteiger partial charge in [-0.15, -0.1) is 0 Å². The lowest BCUT2D eigenvalue weighted by Crippen LogP contribution is -2.49. The van der Waals surface area contributed by atoms with Gasteiger partial charge >= 0.3 is 0 Å². The van der Waals surface area contributed by atoms with E-state index in [4.69, 9.17) is 9.11 Å². The van der Waals surface area contributed by atoms with Gasteiger partial charge in [0.05, 0.1) is 27.2 Å². The lowest BCUT2D eigenvalue weighted by molar-refractivity contribution is -0.887. The van der Waals surface area contributed by atoms with Crippen LogP contribution in [-0.2, 0) is 20.2 Å². The van der Waals surface area contributed by atoms with Crippen molar-refractivity contribution in [2.45, 2.75) is 12.2 Å². The van der Waals surface area contributed by atoms with Gasteiger partial charge in [-0.2, -0.15) is 16.8 Å². The maximum absolute atomic E-state index is 11.0. The minimum atomic E-state index is -4.50. The second-order valence-corrected chi connectivity index (χ2v) is 7.51. The van der Waals surface area contributed by atoms with Gasteiger partial charge in [0, 0.05) is 0 Å². The van der Waals surface area contributed by atoms with Crippen LogP contribution in [-0.4, -0.2) is 68.6 Å².